The molecule has 0 aliphatic carbocycles. The third-order valence-electron chi connectivity index (χ3n) is 5.39. The van der Waals surface area contributed by atoms with E-state index in [1.54, 1.807) is 12.1 Å². The highest BCUT2D eigenvalue weighted by Gasteiger charge is 2.26. The molecule has 0 unspecified atom stereocenters. The lowest BCUT2D eigenvalue weighted by atomic mass is 10.0. The van der Waals surface area contributed by atoms with Crippen LogP contribution in [0.1, 0.15) is 36.5 Å². The number of hydrogen-bond donors (Lipinski definition) is 1. The Bertz CT molecular complexity index is 609. The van der Waals surface area contributed by atoms with Gasteiger partial charge in [-0.3, -0.25) is 9.69 Å². The first-order valence-corrected chi connectivity index (χ1v) is 9.15. The number of carbonyl (C=O) groups is 2. The first-order chi connectivity index (χ1) is 12.0. The van der Waals surface area contributed by atoms with E-state index in [2.05, 4.69) is 16.7 Å². The summed E-state index contributed by atoms with van der Waals surface area (Å²) < 4.78 is 0. The minimum atomic E-state index is -0.908. The quantitative estimate of drug-likeness (QED) is 0.903. The third-order valence-corrected chi connectivity index (χ3v) is 5.39. The van der Waals surface area contributed by atoms with Crippen LogP contribution in [-0.2, 0) is 4.79 Å². The van der Waals surface area contributed by atoms with Crippen LogP contribution in [0, 0.1) is 0 Å². The van der Waals surface area contributed by atoms with Gasteiger partial charge in [0.25, 0.3) is 0 Å². The zero-order valence-electron chi connectivity index (χ0n) is 14.9. The molecular weight excluding hydrogens is 318 g/mol. The fourth-order valence-electron chi connectivity index (χ4n) is 3.70. The Morgan fingerprint density at radius 1 is 1.04 bits per heavy atom. The van der Waals surface area contributed by atoms with Gasteiger partial charge >= 0.3 is 5.97 Å². The Hall–Kier alpha value is -2.08. The summed E-state index contributed by atoms with van der Waals surface area (Å²) in [4.78, 5) is 30.0. The van der Waals surface area contributed by atoms with Crippen LogP contribution in [0.3, 0.4) is 0 Å². The van der Waals surface area contributed by atoms with Crippen LogP contribution < -0.4 is 4.90 Å². The van der Waals surface area contributed by atoms with Gasteiger partial charge in [0.1, 0.15) is 0 Å². The minimum absolute atomic E-state index is 0.231. The molecule has 25 heavy (non-hydrogen) atoms. The van der Waals surface area contributed by atoms with Crippen LogP contribution in [0.25, 0.3) is 0 Å². The average molecular weight is 345 g/mol. The van der Waals surface area contributed by atoms with E-state index in [0.29, 0.717) is 18.2 Å². The number of carboxylic acids is 1. The van der Waals surface area contributed by atoms with Gasteiger partial charge < -0.3 is 14.9 Å². The van der Waals surface area contributed by atoms with E-state index in [4.69, 9.17) is 5.11 Å². The van der Waals surface area contributed by atoms with Crippen molar-refractivity contribution in [2.45, 2.75) is 32.2 Å². The van der Waals surface area contributed by atoms with Crippen LogP contribution >= 0.6 is 0 Å². The Morgan fingerprint density at radius 2 is 1.72 bits per heavy atom. The van der Waals surface area contributed by atoms with Crippen molar-refractivity contribution in [2.75, 3.05) is 44.2 Å². The van der Waals surface area contributed by atoms with Crippen molar-refractivity contribution >= 4 is 17.6 Å². The summed E-state index contributed by atoms with van der Waals surface area (Å²) in [6.07, 6.45) is 3.65. The van der Waals surface area contributed by atoms with Crippen LogP contribution in [0.15, 0.2) is 24.3 Å². The van der Waals surface area contributed by atoms with Crippen molar-refractivity contribution < 1.29 is 14.7 Å². The molecule has 0 aromatic heterocycles. The number of likely N-dealkylation sites (tertiary alicyclic amines) is 1. The molecule has 2 saturated heterocycles. The lowest BCUT2D eigenvalue weighted by Gasteiger charge is -2.38. The van der Waals surface area contributed by atoms with Crippen LogP contribution in [0.5, 0.6) is 0 Å². The molecular formula is C19H27N3O3. The third kappa shape index (κ3) is 4.31. The molecule has 1 N–H and O–H groups in total. The highest BCUT2D eigenvalue weighted by atomic mass is 16.4. The number of nitrogens with zero attached hydrogens (tertiary/aromatic N) is 3. The first kappa shape index (κ1) is 17.7. The van der Waals surface area contributed by atoms with E-state index < -0.39 is 5.97 Å². The van der Waals surface area contributed by atoms with Crippen molar-refractivity contribution in [3.63, 3.8) is 0 Å². The maximum absolute atomic E-state index is 12.6. The van der Waals surface area contributed by atoms with Gasteiger partial charge in [-0.25, -0.2) is 4.79 Å². The average Bonchev–Trinajstić information content (AvgIpc) is 2.64. The predicted octanol–water partition coefficient (Wildman–Crippen LogP) is 1.91. The summed E-state index contributed by atoms with van der Waals surface area (Å²) in [5.41, 5.74) is 1.31. The molecule has 2 heterocycles. The molecule has 0 radical (unpaired) electrons. The van der Waals surface area contributed by atoms with E-state index >= 15 is 0 Å². The van der Waals surface area contributed by atoms with E-state index in [1.165, 1.54) is 19.3 Å². The number of aromatic carboxylic acids is 1. The number of carbonyl (C=O) groups excluding carboxylic acids is 1. The normalized spacial score (nSPS) is 22.0. The number of piperidine rings is 1. The molecule has 1 aromatic carbocycles. The Morgan fingerprint density at radius 3 is 2.32 bits per heavy atom. The molecule has 6 nitrogen and oxygen atoms in total. The van der Waals surface area contributed by atoms with Gasteiger partial charge in [0.2, 0.25) is 5.91 Å². The monoisotopic (exact) mass is 345 g/mol. The lowest BCUT2D eigenvalue weighted by molar-refractivity contribution is -0.133. The van der Waals surface area contributed by atoms with Gasteiger partial charge in [0.15, 0.2) is 0 Å². The van der Waals surface area contributed by atoms with Gasteiger partial charge in [0, 0.05) is 37.9 Å². The van der Waals surface area contributed by atoms with Gasteiger partial charge in [-0.2, -0.15) is 0 Å². The second kappa shape index (κ2) is 7.87. The van der Waals surface area contributed by atoms with E-state index in [-0.39, 0.29) is 5.91 Å². The molecule has 2 fully saturated rings. The van der Waals surface area contributed by atoms with Crippen molar-refractivity contribution in [1.29, 1.82) is 0 Å². The molecule has 1 amide bonds. The van der Waals surface area contributed by atoms with Gasteiger partial charge in [-0.15, -0.1) is 0 Å². The zero-order valence-corrected chi connectivity index (χ0v) is 14.9. The highest BCUT2D eigenvalue weighted by Crippen LogP contribution is 2.19. The zero-order chi connectivity index (χ0) is 17.8. The maximum atomic E-state index is 12.6. The SMILES string of the molecule is C[C@@H]1CCCCN1CC(=O)N1CCN(c2ccc(C(=O)O)cc2)CC1. The fraction of sp³-hybridized carbons (Fsp3) is 0.579. The Labute approximate surface area is 149 Å². The number of carboxylic acid groups (broad SMARTS) is 1. The maximum Gasteiger partial charge on any atom is 0.335 e. The summed E-state index contributed by atoms with van der Waals surface area (Å²) >= 11 is 0. The minimum Gasteiger partial charge on any atom is -0.478 e. The molecule has 0 bridgehead atoms. The summed E-state index contributed by atoms with van der Waals surface area (Å²) in [6, 6.07) is 7.46. The molecule has 6 heteroatoms. The van der Waals surface area contributed by atoms with E-state index in [0.717, 1.165) is 38.4 Å². The van der Waals surface area contributed by atoms with Crippen LogP contribution in [0.4, 0.5) is 5.69 Å². The Balaban J connectivity index is 1.51. The van der Waals surface area contributed by atoms with Crippen molar-refractivity contribution in [3.8, 4) is 0 Å². The number of benzene rings is 1. The Kier molecular flexibility index (Phi) is 5.58. The van der Waals surface area contributed by atoms with Crippen molar-refractivity contribution in [2.24, 2.45) is 0 Å². The molecule has 0 spiro atoms. The van der Waals surface area contributed by atoms with Crippen molar-refractivity contribution in [1.82, 2.24) is 9.80 Å². The van der Waals surface area contributed by atoms with Crippen LogP contribution in [-0.4, -0.2) is 72.1 Å². The lowest BCUT2D eigenvalue weighted by Crippen LogP contribution is -2.52. The number of amides is 1. The number of hydrogen-bond acceptors (Lipinski definition) is 4. The number of piperazine rings is 1. The molecule has 0 saturated carbocycles. The number of rotatable bonds is 4. The molecule has 136 valence electrons. The highest BCUT2D eigenvalue weighted by molar-refractivity contribution is 5.88. The first-order valence-electron chi connectivity index (χ1n) is 9.15. The molecule has 1 atom stereocenters. The fourth-order valence-corrected chi connectivity index (χ4v) is 3.70. The summed E-state index contributed by atoms with van der Waals surface area (Å²) in [6.45, 7) is 6.80. The molecule has 2 aliphatic rings. The summed E-state index contributed by atoms with van der Waals surface area (Å²) in [5, 5.41) is 8.97. The smallest absolute Gasteiger partial charge is 0.335 e. The van der Waals surface area contributed by atoms with E-state index in [1.807, 2.05) is 17.0 Å². The second-order valence-corrected chi connectivity index (χ2v) is 7.04. The van der Waals surface area contributed by atoms with Gasteiger partial charge in [-0.05, 0) is 50.6 Å². The van der Waals surface area contributed by atoms with Gasteiger partial charge in [-0.1, -0.05) is 6.42 Å². The molecule has 2 aliphatic heterocycles. The van der Waals surface area contributed by atoms with Crippen molar-refractivity contribution in [3.05, 3.63) is 29.8 Å². The number of anilines is 1. The van der Waals surface area contributed by atoms with Crippen LogP contribution in [0.2, 0.25) is 0 Å². The summed E-state index contributed by atoms with van der Waals surface area (Å²) in [7, 11) is 0. The standard InChI is InChI=1S/C19H27N3O3/c1-15-4-2-3-9-22(15)14-18(23)21-12-10-20(11-13-21)17-7-5-16(6-8-17)19(24)25/h5-8,15H,2-4,9-14H2,1H3,(H,24,25)/t15-/m1/s1. The molecule has 1 aromatic rings. The molecule has 3 rings (SSSR count). The van der Waals surface area contributed by atoms with Gasteiger partial charge in [0.05, 0.1) is 12.1 Å². The van der Waals surface area contributed by atoms with E-state index in [9.17, 15) is 9.59 Å². The second-order valence-electron chi connectivity index (χ2n) is 7.04. The largest absolute Gasteiger partial charge is 0.478 e. The predicted molar refractivity (Wildman–Crippen MR) is 97.1 cm³/mol. The summed E-state index contributed by atoms with van der Waals surface area (Å²) in [5.74, 6) is -0.677. The topological polar surface area (TPSA) is 64.1 Å².